The molecule has 0 atom stereocenters. The molecule has 0 radical (unpaired) electrons. The van der Waals surface area contributed by atoms with E-state index in [0.717, 1.165) is 17.7 Å². The summed E-state index contributed by atoms with van der Waals surface area (Å²) >= 11 is 0. The molecule has 0 aliphatic heterocycles. The molecular weight excluding hydrogens is 256 g/mol. The van der Waals surface area contributed by atoms with Gasteiger partial charge < -0.3 is 0 Å². The van der Waals surface area contributed by atoms with Crippen LogP contribution in [0, 0.1) is 5.82 Å². The lowest BCUT2D eigenvalue weighted by Gasteiger charge is -2.09. The summed E-state index contributed by atoms with van der Waals surface area (Å²) in [6.45, 7) is 0. The molecule has 2 aromatic rings. The van der Waals surface area contributed by atoms with E-state index < -0.39 is 17.6 Å². The Balaban J connectivity index is 2.15. The van der Waals surface area contributed by atoms with Gasteiger partial charge in [-0.05, 0) is 42.2 Å². The number of aryl methyl sites for hydroxylation is 2. The second-order valence-electron chi connectivity index (χ2n) is 4.33. The SMILES string of the molecule is Fc1cc(CCc2ccccc2)cc(C(F)(F)F)c1. The lowest BCUT2D eigenvalue weighted by atomic mass is 10.0. The van der Waals surface area contributed by atoms with E-state index in [-0.39, 0.29) is 0 Å². The summed E-state index contributed by atoms with van der Waals surface area (Å²) in [6, 6.07) is 12.1. The molecule has 0 aliphatic carbocycles. The van der Waals surface area contributed by atoms with E-state index in [1.165, 1.54) is 0 Å². The van der Waals surface area contributed by atoms with Crippen molar-refractivity contribution in [3.8, 4) is 0 Å². The molecule has 19 heavy (non-hydrogen) atoms. The van der Waals surface area contributed by atoms with Crippen LogP contribution >= 0.6 is 0 Å². The van der Waals surface area contributed by atoms with Crippen LogP contribution in [0.2, 0.25) is 0 Å². The zero-order valence-electron chi connectivity index (χ0n) is 10.0. The third-order valence-electron chi connectivity index (χ3n) is 2.83. The van der Waals surface area contributed by atoms with Gasteiger partial charge in [-0.15, -0.1) is 0 Å². The third-order valence-corrected chi connectivity index (χ3v) is 2.83. The lowest BCUT2D eigenvalue weighted by Crippen LogP contribution is -2.06. The molecule has 0 aromatic heterocycles. The van der Waals surface area contributed by atoms with Crippen LogP contribution in [0.5, 0.6) is 0 Å². The summed E-state index contributed by atoms with van der Waals surface area (Å²) in [4.78, 5) is 0. The van der Waals surface area contributed by atoms with Gasteiger partial charge in [0.05, 0.1) is 5.56 Å². The van der Waals surface area contributed by atoms with E-state index in [9.17, 15) is 17.6 Å². The fraction of sp³-hybridized carbons (Fsp3) is 0.200. The molecule has 0 saturated carbocycles. The number of rotatable bonds is 3. The largest absolute Gasteiger partial charge is 0.416 e. The van der Waals surface area contributed by atoms with Crippen molar-refractivity contribution >= 4 is 0 Å². The summed E-state index contributed by atoms with van der Waals surface area (Å²) in [5, 5.41) is 0. The predicted molar refractivity (Wildman–Crippen MR) is 65.3 cm³/mol. The summed E-state index contributed by atoms with van der Waals surface area (Å²) in [5.74, 6) is -0.849. The van der Waals surface area contributed by atoms with Crippen molar-refractivity contribution in [3.05, 3.63) is 71.0 Å². The third kappa shape index (κ3) is 3.81. The van der Waals surface area contributed by atoms with Gasteiger partial charge in [0.1, 0.15) is 5.82 Å². The molecule has 0 saturated heterocycles. The van der Waals surface area contributed by atoms with E-state index in [1.54, 1.807) is 0 Å². The molecule has 0 heterocycles. The van der Waals surface area contributed by atoms with E-state index >= 15 is 0 Å². The molecule has 0 spiro atoms. The van der Waals surface area contributed by atoms with E-state index in [0.29, 0.717) is 24.5 Å². The van der Waals surface area contributed by atoms with Crippen LogP contribution in [0.1, 0.15) is 16.7 Å². The highest BCUT2D eigenvalue weighted by molar-refractivity contribution is 5.28. The van der Waals surface area contributed by atoms with Crippen LogP contribution in [0.4, 0.5) is 17.6 Å². The van der Waals surface area contributed by atoms with Gasteiger partial charge in [0.15, 0.2) is 0 Å². The molecule has 2 aromatic carbocycles. The zero-order chi connectivity index (χ0) is 13.9. The van der Waals surface area contributed by atoms with E-state index in [1.807, 2.05) is 30.3 Å². The molecule has 0 bridgehead atoms. The molecule has 100 valence electrons. The van der Waals surface area contributed by atoms with Gasteiger partial charge in [-0.2, -0.15) is 13.2 Å². The average molecular weight is 268 g/mol. The second kappa shape index (κ2) is 5.43. The highest BCUT2D eigenvalue weighted by Gasteiger charge is 2.31. The monoisotopic (exact) mass is 268 g/mol. The Bertz CT molecular complexity index is 544. The Kier molecular flexibility index (Phi) is 3.88. The number of alkyl halides is 3. The summed E-state index contributed by atoms with van der Waals surface area (Å²) in [7, 11) is 0. The molecule has 2 rings (SSSR count). The van der Waals surface area contributed by atoms with Gasteiger partial charge in [0, 0.05) is 0 Å². The van der Waals surface area contributed by atoms with Crippen LogP contribution in [0.15, 0.2) is 48.5 Å². The summed E-state index contributed by atoms with van der Waals surface area (Å²) < 4.78 is 50.8. The van der Waals surface area contributed by atoms with Crippen LogP contribution < -0.4 is 0 Å². The number of benzene rings is 2. The molecule has 0 unspecified atom stereocenters. The van der Waals surface area contributed by atoms with Crippen LogP contribution in [-0.4, -0.2) is 0 Å². The number of halogens is 4. The van der Waals surface area contributed by atoms with Gasteiger partial charge >= 0.3 is 6.18 Å². The maximum Gasteiger partial charge on any atom is 0.416 e. The molecule has 0 fully saturated rings. The van der Waals surface area contributed by atoms with Gasteiger partial charge in [-0.3, -0.25) is 0 Å². The molecule has 0 nitrogen and oxygen atoms in total. The fourth-order valence-corrected chi connectivity index (χ4v) is 1.89. The molecular formula is C15H12F4. The Morgan fingerprint density at radius 1 is 0.789 bits per heavy atom. The van der Waals surface area contributed by atoms with Crippen molar-refractivity contribution in [1.82, 2.24) is 0 Å². The Labute approximate surface area is 108 Å². The highest BCUT2D eigenvalue weighted by atomic mass is 19.4. The van der Waals surface area contributed by atoms with Crippen LogP contribution in [-0.2, 0) is 19.0 Å². The lowest BCUT2D eigenvalue weighted by molar-refractivity contribution is -0.137. The number of hydrogen-bond acceptors (Lipinski definition) is 0. The molecule has 4 heteroatoms. The minimum absolute atomic E-state index is 0.358. The molecule has 0 aliphatic rings. The summed E-state index contributed by atoms with van der Waals surface area (Å²) in [5.41, 5.74) is 0.437. The van der Waals surface area contributed by atoms with Gasteiger partial charge in [0.2, 0.25) is 0 Å². The van der Waals surface area contributed by atoms with Gasteiger partial charge in [-0.25, -0.2) is 4.39 Å². The Morgan fingerprint density at radius 2 is 1.42 bits per heavy atom. The standard InChI is InChI=1S/C15H12F4/c16-14-9-12(8-13(10-14)15(17,18)19)7-6-11-4-2-1-3-5-11/h1-5,8-10H,6-7H2. The van der Waals surface area contributed by atoms with Crippen molar-refractivity contribution in [1.29, 1.82) is 0 Å². The van der Waals surface area contributed by atoms with E-state index in [4.69, 9.17) is 0 Å². The highest BCUT2D eigenvalue weighted by Crippen LogP contribution is 2.30. The second-order valence-corrected chi connectivity index (χ2v) is 4.33. The first-order chi connectivity index (χ1) is 8.95. The van der Waals surface area contributed by atoms with Crippen molar-refractivity contribution in [2.45, 2.75) is 19.0 Å². The molecule has 0 N–H and O–H groups in total. The fourth-order valence-electron chi connectivity index (χ4n) is 1.89. The van der Waals surface area contributed by atoms with Gasteiger partial charge in [-0.1, -0.05) is 30.3 Å². The number of hydrogen-bond donors (Lipinski definition) is 0. The maximum atomic E-state index is 13.2. The van der Waals surface area contributed by atoms with E-state index in [2.05, 4.69) is 0 Å². The van der Waals surface area contributed by atoms with Gasteiger partial charge in [0.25, 0.3) is 0 Å². The Morgan fingerprint density at radius 3 is 2.05 bits per heavy atom. The van der Waals surface area contributed by atoms with Crippen molar-refractivity contribution in [2.24, 2.45) is 0 Å². The predicted octanol–water partition coefficient (Wildman–Crippen LogP) is 4.63. The maximum absolute atomic E-state index is 13.2. The topological polar surface area (TPSA) is 0 Å². The molecule has 0 amide bonds. The first kappa shape index (κ1) is 13.6. The quantitative estimate of drug-likeness (QED) is 0.712. The van der Waals surface area contributed by atoms with Crippen molar-refractivity contribution < 1.29 is 17.6 Å². The van der Waals surface area contributed by atoms with Crippen LogP contribution in [0.3, 0.4) is 0 Å². The normalized spacial score (nSPS) is 11.6. The van der Waals surface area contributed by atoms with Crippen molar-refractivity contribution in [3.63, 3.8) is 0 Å². The van der Waals surface area contributed by atoms with Crippen molar-refractivity contribution in [2.75, 3.05) is 0 Å². The zero-order valence-corrected chi connectivity index (χ0v) is 10.0. The smallest absolute Gasteiger partial charge is 0.207 e. The Hall–Kier alpha value is -1.84. The van der Waals surface area contributed by atoms with Crippen LogP contribution in [0.25, 0.3) is 0 Å². The first-order valence-corrected chi connectivity index (χ1v) is 5.86. The minimum atomic E-state index is -4.51. The average Bonchev–Trinajstić information content (AvgIpc) is 2.36. The minimum Gasteiger partial charge on any atom is -0.207 e. The first-order valence-electron chi connectivity index (χ1n) is 5.86. The summed E-state index contributed by atoms with van der Waals surface area (Å²) in [6.07, 6.45) is -3.55.